The molecular formula is C12H23NO4. The highest BCUT2D eigenvalue weighted by Crippen LogP contribution is 2.14. The minimum atomic E-state index is -0.306. The van der Waals surface area contributed by atoms with Gasteiger partial charge >= 0.3 is 5.97 Å². The van der Waals surface area contributed by atoms with Crippen LogP contribution in [0.3, 0.4) is 0 Å². The maximum atomic E-state index is 11.0. The molecule has 5 nitrogen and oxygen atoms in total. The van der Waals surface area contributed by atoms with E-state index in [4.69, 9.17) is 14.6 Å². The Morgan fingerprint density at radius 1 is 1.53 bits per heavy atom. The lowest BCUT2D eigenvalue weighted by Gasteiger charge is -2.31. The van der Waals surface area contributed by atoms with E-state index in [0.717, 1.165) is 32.5 Å². The number of hydrogen-bond acceptors (Lipinski definition) is 5. The van der Waals surface area contributed by atoms with Crippen LogP contribution in [0.25, 0.3) is 0 Å². The number of aliphatic hydroxyl groups excluding tert-OH is 1. The van der Waals surface area contributed by atoms with Gasteiger partial charge in [0.15, 0.2) is 0 Å². The number of hydrogen-bond donors (Lipinski definition) is 1. The minimum absolute atomic E-state index is 0.0328. The number of ether oxygens (including phenoxy) is 2. The number of piperidine rings is 1. The Bertz CT molecular complexity index is 223. The van der Waals surface area contributed by atoms with Crippen LogP contribution >= 0.6 is 0 Å². The highest BCUT2D eigenvalue weighted by molar-refractivity contribution is 5.70. The van der Waals surface area contributed by atoms with Crippen LogP contribution in [0.1, 0.15) is 19.8 Å². The second kappa shape index (κ2) is 8.44. The van der Waals surface area contributed by atoms with Crippen molar-refractivity contribution >= 4 is 5.97 Å². The molecule has 0 aliphatic carbocycles. The largest absolute Gasteiger partial charge is 0.464 e. The third-order valence-corrected chi connectivity index (χ3v) is 2.94. The molecule has 0 radical (unpaired) electrons. The molecule has 1 N–H and O–H groups in total. The van der Waals surface area contributed by atoms with E-state index in [9.17, 15) is 4.79 Å². The van der Waals surface area contributed by atoms with Crippen molar-refractivity contribution in [1.29, 1.82) is 0 Å². The van der Waals surface area contributed by atoms with Crippen molar-refractivity contribution in [3.05, 3.63) is 0 Å². The number of esters is 1. The molecule has 5 heteroatoms. The van der Waals surface area contributed by atoms with Crippen LogP contribution < -0.4 is 0 Å². The summed E-state index contributed by atoms with van der Waals surface area (Å²) in [5.41, 5.74) is 0. The lowest BCUT2D eigenvalue weighted by molar-refractivity contribution is -0.148. The Balaban J connectivity index is 2.04. The van der Waals surface area contributed by atoms with E-state index in [1.807, 2.05) is 0 Å². The molecule has 1 atom stereocenters. The van der Waals surface area contributed by atoms with Gasteiger partial charge in [-0.2, -0.15) is 0 Å². The van der Waals surface area contributed by atoms with Crippen molar-refractivity contribution in [2.45, 2.75) is 19.8 Å². The van der Waals surface area contributed by atoms with Gasteiger partial charge in [-0.15, -0.1) is 0 Å². The van der Waals surface area contributed by atoms with Crippen LogP contribution in [-0.2, 0) is 14.3 Å². The second-order valence-electron chi connectivity index (χ2n) is 4.35. The molecular weight excluding hydrogens is 222 g/mol. The summed E-state index contributed by atoms with van der Waals surface area (Å²) in [6, 6.07) is 0. The molecule has 1 rings (SSSR count). The minimum Gasteiger partial charge on any atom is -0.464 e. The first-order chi connectivity index (χ1) is 8.26. The third-order valence-electron chi connectivity index (χ3n) is 2.94. The molecule has 1 heterocycles. The third kappa shape index (κ3) is 6.00. The quantitative estimate of drug-likeness (QED) is 0.515. The van der Waals surface area contributed by atoms with Crippen molar-refractivity contribution in [3.63, 3.8) is 0 Å². The molecule has 17 heavy (non-hydrogen) atoms. The Morgan fingerprint density at radius 3 is 3.06 bits per heavy atom. The molecule has 0 spiro atoms. The van der Waals surface area contributed by atoms with Gasteiger partial charge in [0.25, 0.3) is 0 Å². The molecule has 1 saturated heterocycles. The van der Waals surface area contributed by atoms with Gasteiger partial charge in [0.1, 0.15) is 6.61 Å². The Labute approximate surface area is 103 Å². The second-order valence-corrected chi connectivity index (χ2v) is 4.35. The van der Waals surface area contributed by atoms with Crippen LogP contribution in [0.5, 0.6) is 0 Å². The summed E-state index contributed by atoms with van der Waals surface area (Å²) in [6.45, 7) is 5.81. The summed E-state index contributed by atoms with van der Waals surface area (Å²) in [7, 11) is 0. The lowest BCUT2D eigenvalue weighted by atomic mass is 9.99. The van der Waals surface area contributed by atoms with Crippen LogP contribution in [0.15, 0.2) is 0 Å². The van der Waals surface area contributed by atoms with E-state index in [-0.39, 0.29) is 19.2 Å². The van der Waals surface area contributed by atoms with Gasteiger partial charge in [-0.1, -0.05) is 0 Å². The molecule has 1 unspecified atom stereocenters. The Morgan fingerprint density at radius 2 is 2.35 bits per heavy atom. The fourth-order valence-electron chi connectivity index (χ4n) is 2.06. The lowest BCUT2D eigenvalue weighted by Crippen LogP contribution is -2.38. The molecule has 0 bridgehead atoms. The monoisotopic (exact) mass is 245 g/mol. The van der Waals surface area contributed by atoms with Gasteiger partial charge in [0.05, 0.1) is 13.2 Å². The molecule has 0 aromatic carbocycles. The molecule has 1 fully saturated rings. The first kappa shape index (κ1) is 14.4. The van der Waals surface area contributed by atoms with Gasteiger partial charge < -0.3 is 19.5 Å². The Kier molecular flexibility index (Phi) is 7.16. The Hall–Kier alpha value is -0.650. The molecule has 1 aliphatic heterocycles. The van der Waals surface area contributed by atoms with Crippen molar-refractivity contribution in [2.75, 3.05) is 46.1 Å². The number of rotatable bonds is 7. The number of carbonyl (C=O) groups excluding carboxylic acids is 1. The number of likely N-dealkylation sites (tertiary alicyclic amines) is 1. The number of carbonyl (C=O) groups is 1. The molecule has 0 amide bonds. The zero-order valence-corrected chi connectivity index (χ0v) is 10.6. The molecule has 0 aromatic rings. The summed E-state index contributed by atoms with van der Waals surface area (Å²) < 4.78 is 10.00. The summed E-state index contributed by atoms with van der Waals surface area (Å²) in [4.78, 5) is 13.3. The average molecular weight is 245 g/mol. The molecule has 1 aliphatic rings. The molecule has 100 valence electrons. The number of aliphatic hydroxyl groups is 1. The van der Waals surface area contributed by atoms with Crippen molar-refractivity contribution in [3.8, 4) is 0 Å². The summed E-state index contributed by atoms with van der Waals surface area (Å²) in [6.07, 6.45) is 2.24. The smallest absolute Gasteiger partial charge is 0.332 e. The van der Waals surface area contributed by atoms with E-state index in [2.05, 4.69) is 4.90 Å². The predicted octanol–water partition coefficient (Wildman–Crippen LogP) is 0.270. The fourth-order valence-corrected chi connectivity index (χ4v) is 2.06. The van der Waals surface area contributed by atoms with Crippen molar-refractivity contribution in [1.82, 2.24) is 4.90 Å². The summed E-state index contributed by atoms with van der Waals surface area (Å²) in [5.74, 6) is 0.0909. The highest BCUT2D eigenvalue weighted by Gasteiger charge is 2.18. The molecule has 0 saturated carbocycles. The normalized spacial score (nSPS) is 21.4. The van der Waals surface area contributed by atoms with E-state index < -0.39 is 0 Å². The van der Waals surface area contributed by atoms with Crippen LogP contribution in [0.2, 0.25) is 0 Å². The SMILES string of the molecule is CCOC(=O)COCCN1CCCC(CO)C1. The zero-order valence-electron chi connectivity index (χ0n) is 10.6. The summed E-state index contributed by atoms with van der Waals surface area (Å²) >= 11 is 0. The van der Waals surface area contributed by atoms with E-state index in [1.54, 1.807) is 6.92 Å². The van der Waals surface area contributed by atoms with Gasteiger partial charge in [0, 0.05) is 19.7 Å². The van der Waals surface area contributed by atoms with Crippen LogP contribution in [0.4, 0.5) is 0 Å². The van der Waals surface area contributed by atoms with Gasteiger partial charge in [0.2, 0.25) is 0 Å². The van der Waals surface area contributed by atoms with Crippen LogP contribution in [0, 0.1) is 5.92 Å². The topological polar surface area (TPSA) is 59.0 Å². The highest BCUT2D eigenvalue weighted by atomic mass is 16.6. The van der Waals surface area contributed by atoms with E-state index >= 15 is 0 Å². The van der Waals surface area contributed by atoms with Crippen molar-refractivity contribution < 1.29 is 19.4 Å². The van der Waals surface area contributed by atoms with E-state index in [0.29, 0.717) is 19.1 Å². The van der Waals surface area contributed by atoms with Gasteiger partial charge in [-0.25, -0.2) is 4.79 Å². The van der Waals surface area contributed by atoms with E-state index in [1.165, 1.54) is 0 Å². The maximum Gasteiger partial charge on any atom is 0.332 e. The number of nitrogens with zero attached hydrogens (tertiary/aromatic N) is 1. The standard InChI is InChI=1S/C12H23NO4/c1-2-17-12(15)10-16-7-6-13-5-3-4-11(8-13)9-14/h11,14H,2-10H2,1H3. The zero-order chi connectivity index (χ0) is 12.5. The first-order valence-electron chi connectivity index (χ1n) is 6.32. The predicted molar refractivity (Wildman–Crippen MR) is 63.7 cm³/mol. The average Bonchev–Trinajstić information content (AvgIpc) is 2.35. The first-order valence-corrected chi connectivity index (χ1v) is 6.32. The van der Waals surface area contributed by atoms with Crippen LogP contribution in [-0.4, -0.2) is 62.0 Å². The maximum absolute atomic E-state index is 11.0. The molecule has 0 aromatic heterocycles. The summed E-state index contributed by atoms with van der Waals surface area (Å²) in [5, 5.41) is 9.09. The van der Waals surface area contributed by atoms with Crippen molar-refractivity contribution in [2.24, 2.45) is 5.92 Å². The van der Waals surface area contributed by atoms with Gasteiger partial charge in [-0.05, 0) is 32.2 Å². The van der Waals surface area contributed by atoms with Gasteiger partial charge in [-0.3, -0.25) is 0 Å². The fraction of sp³-hybridized carbons (Fsp3) is 0.917.